The second kappa shape index (κ2) is 9.73. The Hall–Kier alpha value is -2.87. The predicted octanol–water partition coefficient (Wildman–Crippen LogP) is 5.22. The lowest BCUT2D eigenvalue weighted by molar-refractivity contribution is -0.116. The molecule has 0 radical (unpaired) electrons. The molecule has 1 aliphatic heterocycles. The topological polar surface area (TPSA) is 86.8 Å². The van der Waals surface area contributed by atoms with Crippen LogP contribution in [0.1, 0.15) is 49.9 Å². The van der Waals surface area contributed by atoms with Crippen LogP contribution >= 0.6 is 11.8 Å². The number of ketones is 1. The van der Waals surface area contributed by atoms with Gasteiger partial charge in [0.05, 0.1) is 0 Å². The third-order valence-corrected chi connectivity index (χ3v) is 6.59. The zero-order valence-electron chi connectivity index (χ0n) is 19.1. The van der Waals surface area contributed by atoms with E-state index in [9.17, 15) is 4.79 Å². The molecule has 7 nitrogen and oxygen atoms in total. The molecule has 3 aromatic rings. The predicted molar refractivity (Wildman–Crippen MR) is 129 cm³/mol. The molecular formula is C24H30N6OS. The Morgan fingerprint density at radius 3 is 2.66 bits per heavy atom. The van der Waals surface area contributed by atoms with Crippen molar-refractivity contribution < 1.29 is 4.79 Å². The first-order chi connectivity index (χ1) is 15.4. The number of carbonyl (C=O) groups is 1. The Bertz CT molecular complexity index is 1090. The highest BCUT2D eigenvalue weighted by Gasteiger charge is 2.24. The molecule has 0 bridgehead atoms. The molecule has 3 heterocycles. The number of carbonyl (C=O) groups excluding carboxylic acids is 1. The molecule has 4 rings (SSSR count). The summed E-state index contributed by atoms with van der Waals surface area (Å²) in [4.78, 5) is 24.6. The fourth-order valence-corrected chi connectivity index (χ4v) is 4.77. The lowest BCUT2D eigenvalue weighted by Crippen LogP contribution is -2.38. The average Bonchev–Trinajstić information content (AvgIpc) is 3.16. The summed E-state index contributed by atoms with van der Waals surface area (Å²) in [5, 5.41) is 11.3. The van der Waals surface area contributed by atoms with Crippen LogP contribution in [-0.4, -0.2) is 38.5 Å². The summed E-state index contributed by atoms with van der Waals surface area (Å²) in [7, 11) is 0. The minimum absolute atomic E-state index is 0.164. The average molecular weight is 451 g/mol. The quantitative estimate of drug-likeness (QED) is 0.477. The fourth-order valence-electron chi connectivity index (χ4n) is 4.02. The van der Waals surface area contributed by atoms with E-state index in [1.54, 1.807) is 6.92 Å². The number of aromatic nitrogens is 4. The van der Waals surface area contributed by atoms with Gasteiger partial charge in [-0.2, -0.15) is 5.10 Å². The highest BCUT2D eigenvalue weighted by molar-refractivity contribution is 7.99. The molecule has 0 saturated carbocycles. The molecule has 168 valence electrons. The highest BCUT2D eigenvalue weighted by Crippen LogP contribution is 2.34. The number of anilines is 3. The van der Waals surface area contributed by atoms with Crippen LogP contribution in [0.4, 0.5) is 17.5 Å². The number of nitrogens with zero attached hydrogens (tertiary/aromatic N) is 4. The van der Waals surface area contributed by atoms with Gasteiger partial charge in [0.1, 0.15) is 17.4 Å². The lowest BCUT2D eigenvalue weighted by atomic mass is 10.0. The summed E-state index contributed by atoms with van der Waals surface area (Å²) in [6.07, 6.45) is 4.06. The summed E-state index contributed by atoms with van der Waals surface area (Å²) < 4.78 is 0. The van der Waals surface area contributed by atoms with E-state index in [2.05, 4.69) is 34.3 Å². The van der Waals surface area contributed by atoms with E-state index in [4.69, 9.17) is 9.97 Å². The van der Waals surface area contributed by atoms with E-state index in [1.165, 1.54) is 31.0 Å². The monoisotopic (exact) mass is 450 g/mol. The van der Waals surface area contributed by atoms with Gasteiger partial charge in [0.25, 0.3) is 0 Å². The second-order valence-corrected chi connectivity index (χ2v) is 9.57. The molecule has 0 aliphatic carbocycles. The molecule has 2 aromatic heterocycles. The zero-order chi connectivity index (χ0) is 22.7. The largest absolute Gasteiger partial charge is 0.353 e. The van der Waals surface area contributed by atoms with E-state index in [0.717, 1.165) is 45.7 Å². The number of Topliss-reactive ketones (excluding diaryl/α,β-unsaturated/α-hetero) is 1. The maximum atomic E-state index is 11.4. The van der Waals surface area contributed by atoms with Crippen LogP contribution in [0.5, 0.6) is 0 Å². The van der Waals surface area contributed by atoms with Gasteiger partial charge in [-0.25, -0.2) is 9.97 Å². The number of H-pyrrole nitrogens is 1. The third kappa shape index (κ3) is 5.30. The Morgan fingerprint density at radius 1 is 1.22 bits per heavy atom. The summed E-state index contributed by atoms with van der Waals surface area (Å²) >= 11 is 1.53. The van der Waals surface area contributed by atoms with Crippen LogP contribution in [0.25, 0.3) is 0 Å². The van der Waals surface area contributed by atoms with Gasteiger partial charge in [0.15, 0.2) is 11.0 Å². The normalized spacial score (nSPS) is 16.2. The van der Waals surface area contributed by atoms with Gasteiger partial charge in [-0.15, -0.1) is 0 Å². The Morgan fingerprint density at radius 2 is 2.00 bits per heavy atom. The third-order valence-electron chi connectivity index (χ3n) is 5.71. The molecule has 0 amide bonds. The van der Waals surface area contributed by atoms with Crippen molar-refractivity contribution in [2.24, 2.45) is 0 Å². The number of nitrogens with one attached hydrogen (secondary N) is 2. The molecule has 0 spiro atoms. The van der Waals surface area contributed by atoms with Crippen molar-refractivity contribution in [2.45, 2.75) is 69.5 Å². The van der Waals surface area contributed by atoms with Gasteiger partial charge in [-0.1, -0.05) is 12.1 Å². The van der Waals surface area contributed by atoms with E-state index >= 15 is 0 Å². The number of aryl methyl sites for hydroxylation is 1. The van der Waals surface area contributed by atoms with Crippen molar-refractivity contribution >= 4 is 35.0 Å². The maximum absolute atomic E-state index is 11.4. The maximum Gasteiger partial charge on any atom is 0.196 e. The van der Waals surface area contributed by atoms with Crippen LogP contribution in [0.2, 0.25) is 0 Å². The van der Waals surface area contributed by atoms with Crippen LogP contribution < -0.4 is 10.2 Å². The summed E-state index contributed by atoms with van der Waals surface area (Å²) in [6, 6.07) is 10.5. The zero-order valence-corrected chi connectivity index (χ0v) is 19.9. The molecule has 1 aromatic carbocycles. The number of aromatic amines is 1. The summed E-state index contributed by atoms with van der Waals surface area (Å²) in [6.45, 7) is 8.93. The first kappa shape index (κ1) is 22.3. The van der Waals surface area contributed by atoms with Crippen LogP contribution in [0.15, 0.2) is 40.4 Å². The highest BCUT2D eigenvalue weighted by atomic mass is 32.2. The van der Waals surface area contributed by atoms with Gasteiger partial charge < -0.3 is 10.2 Å². The van der Waals surface area contributed by atoms with Crippen LogP contribution in [0.3, 0.4) is 0 Å². The van der Waals surface area contributed by atoms with Gasteiger partial charge >= 0.3 is 0 Å². The van der Waals surface area contributed by atoms with Gasteiger partial charge in [0, 0.05) is 41.2 Å². The van der Waals surface area contributed by atoms with Crippen molar-refractivity contribution in [3.63, 3.8) is 0 Å². The number of hydrogen-bond donors (Lipinski definition) is 2. The molecule has 1 unspecified atom stereocenters. The number of benzene rings is 1. The molecule has 1 aliphatic rings. The van der Waals surface area contributed by atoms with Crippen molar-refractivity contribution in [3.8, 4) is 0 Å². The van der Waals surface area contributed by atoms with Crippen molar-refractivity contribution in [3.05, 3.63) is 47.2 Å². The second-order valence-electron chi connectivity index (χ2n) is 8.53. The first-order valence-electron chi connectivity index (χ1n) is 11.1. The molecule has 32 heavy (non-hydrogen) atoms. The smallest absolute Gasteiger partial charge is 0.196 e. The molecule has 1 fully saturated rings. The lowest BCUT2D eigenvalue weighted by Gasteiger charge is -2.35. The van der Waals surface area contributed by atoms with Crippen molar-refractivity contribution in [1.29, 1.82) is 0 Å². The molecule has 1 atom stereocenters. The minimum Gasteiger partial charge on any atom is -0.353 e. The molecule has 1 saturated heterocycles. The van der Waals surface area contributed by atoms with Crippen LogP contribution in [-0.2, 0) is 11.2 Å². The molecular weight excluding hydrogens is 420 g/mol. The van der Waals surface area contributed by atoms with Gasteiger partial charge in [-0.3, -0.25) is 9.89 Å². The van der Waals surface area contributed by atoms with E-state index in [0.29, 0.717) is 17.6 Å². The molecule has 8 heteroatoms. The number of rotatable bonds is 7. The van der Waals surface area contributed by atoms with E-state index in [-0.39, 0.29) is 5.78 Å². The van der Waals surface area contributed by atoms with Crippen molar-refractivity contribution in [2.75, 3.05) is 16.8 Å². The minimum atomic E-state index is 0.164. The first-order valence-corrected chi connectivity index (χ1v) is 11.9. The Balaban J connectivity index is 1.66. The van der Waals surface area contributed by atoms with Gasteiger partial charge in [0.2, 0.25) is 0 Å². The number of hydrogen-bond acceptors (Lipinski definition) is 7. The SMILES string of the molecule is CC(=O)Cc1ccc(Sc2nc(Nc3cc(C)[nH]n3)c(C)c(N3CCCCC3C)n2)cc1. The van der Waals surface area contributed by atoms with Crippen LogP contribution in [0, 0.1) is 13.8 Å². The summed E-state index contributed by atoms with van der Waals surface area (Å²) in [5.41, 5.74) is 3.04. The van der Waals surface area contributed by atoms with Crippen molar-refractivity contribution in [1.82, 2.24) is 20.2 Å². The van der Waals surface area contributed by atoms with Gasteiger partial charge in [-0.05, 0) is 76.4 Å². The standard InChI is InChI=1S/C24H30N6OS/c1-15-13-21(29-28-15)25-22-18(4)23(30-12-6-5-7-16(30)2)27-24(26-22)32-20-10-8-19(9-11-20)14-17(3)31/h8-11,13,16H,5-7,12,14H2,1-4H3,(H2,25,26,27,28,29). The summed E-state index contributed by atoms with van der Waals surface area (Å²) in [5.74, 6) is 2.66. The Kier molecular flexibility index (Phi) is 6.79. The number of piperidine rings is 1. The molecule has 2 N–H and O–H groups in total. The Labute approximate surface area is 193 Å². The fraction of sp³-hybridized carbons (Fsp3) is 0.417. The van der Waals surface area contributed by atoms with E-state index < -0.39 is 0 Å². The van der Waals surface area contributed by atoms with E-state index in [1.807, 2.05) is 37.3 Å².